The molecular weight excluding hydrogens is 587 g/mol. The maximum atomic E-state index is 15.1. The third kappa shape index (κ3) is 8.33. The zero-order valence-corrected chi connectivity index (χ0v) is 24.7. The quantitative estimate of drug-likeness (QED) is 0.210. The molecule has 1 aliphatic rings. The van der Waals surface area contributed by atoms with Gasteiger partial charge in [-0.2, -0.15) is 18.9 Å². The second kappa shape index (κ2) is 13.9. The standard InChI is InChI=1S/C29H34F2N3O8P/c1-19(2)16-22-14-15-34(28(37)32-22)27-29(30,31)25(35)24(41-27)18-40-43(38,42-23-12-8-5-9-13-23)33-20(3)26(36)39-17-21-10-6-4-7-11-21/h4-15,19-20,24-25,27,35H,16-18H2,1-3H3,(H,33,38)/t20-,24+,25+,27+,43?/m0/s1. The summed E-state index contributed by atoms with van der Waals surface area (Å²) in [6, 6.07) is 17.0. The number of rotatable bonds is 13. The Morgan fingerprint density at radius 3 is 2.40 bits per heavy atom. The van der Waals surface area contributed by atoms with Gasteiger partial charge in [-0.15, -0.1) is 0 Å². The van der Waals surface area contributed by atoms with Crippen LogP contribution in [0.15, 0.2) is 77.7 Å². The van der Waals surface area contributed by atoms with E-state index >= 15 is 8.78 Å². The lowest BCUT2D eigenvalue weighted by molar-refractivity contribution is -0.146. The van der Waals surface area contributed by atoms with Crippen molar-refractivity contribution in [1.82, 2.24) is 14.6 Å². The van der Waals surface area contributed by atoms with E-state index in [0.717, 1.165) is 11.8 Å². The van der Waals surface area contributed by atoms with Gasteiger partial charge in [0, 0.05) is 11.9 Å². The van der Waals surface area contributed by atoms with Crippen LogP contribution in [-0.2, 0) is 36.4 Å². The molecule has 1 fully saturated rings. The van der Waals surface area contributed by atoms with Crippen LogP contribution in [0.3, 0.4) is 0 Å². The summed E-state index contributed by atoms with van der Waals surface area (Å²) in [6.07, 6.45) is -4.75. The lowest BCUT2D eigenvalue weighted by atomic mass is 10.1. The molecule has 1 unspecified atom stereocenters. The summed E-state index contributed by atoms with van der Waals surface area (Å²) in [7, 11) is -4.46. The minimum Gasteiger partial charge on any atom is -0.460 e. The fraction of sp³-hybridized carbons (Fsp3) is 0.414. The largest absolute Gasteiger partial charge is 0.460 e. The van der Waals surface area contributed by atoms with Crippen molar-refractivity contribution < 1.29 is 41.8 Å². The number of halogens is 2. The Hall–Kier alpha value is -3.48. The van der Waals surface area contributed by atoms with Crippen LogP contribution in [0.2, 0.25) is 0 Å². The number of para-hydroxylation sites is 1. The number of esters is 1. The van der Waals surface area contributed by atoms with Crippen LogP contribution >= 0.6 is 7.75 Å². The van der Waals surface area contributed by atoms with Crippen molar-refractivity contribution in [2.45, 2.75) is 64.2 Å². The van der Waals surface area contributed by atoms with Crippen molar-refractivity contribution >= 4 is 13.7 Å². The predicted octanol–water partition coefficient (Wildman–Crippen LogP) is 4.26. The predicted molar refractivity (Wildman–Crippen MR) is 151 cm³/mol. The minimum atomic E-state index is -4.46. The molecule has 0 radical (unpaired) electrons. The number of aliphatic hydroxyl groups is 1. The van der Waals surface area contributed by atoms with Crippen LogP contribution in [0.4, 0.5) is 8.78 Å². The van der Waals surface area contributed by atoms with Crippen molar-refractivity contribution in [1.29, 1.82) is 0 Å². The summed E-state index contributed by atoms with van der Waals surface area (Å²) in [4.78, 5) is 29.1. The van der Waals surface area contributed by atoms with Crippen molar-refractivity contribution in [3.05, 3.63) is 94.7 Å². The number of alkyl halides is 2. The molecule has 0 aliphatic carbocycles. The number of carbonyl (C=O) groups is 1. The number of nitrogens with zero attached hydrogens (tertiary/aromatic N) is 2. The first-order valence-electron chi connectivity index (χ1n) is 13.6. The molecule has 14 heteroatoms. The molecule has 43 heavy (non-hydrogen) atoms. The molecule has 0 bridgehead atoms. The van der Waals surface area contributed by atoms with E-state index in [1.54, 1.807) is 42.5 Å². The summed E-state index contributed by atoms with van der Waals surface area (Å²) in [5.74, 6) is -4.42. The monoisotopic (exact) mass is 621 g/mol. The Morgan fingerprint density at radius 1 is 1.12 bits per heavy atom. The van der Waals surface area contributed by atoms with Gasteiger partial charge in [-0.1, -0.05) is 62.4 Å². The highest BCUT2D eigenvalue weighted by Crippen LogP contribution is 2.48. The van der Waals surface area contributed by atoms with Gasteiger partial charge < -0.3 is 19.1 Å². The molecule has 1 aromatic heterocycles. The van der Waals surface area contributed by atoms with Gasteiger partial charge >= 0.3 is 25.3 Å². The first-order chi connectivity index (χ1) is 20.4. The zero-order valence-electron chi connectivity index (χ0n) is 23.8. The number of hydrogen-bond donors (Lipinski definition) is 2. The number of aliphatic hydroxyl groups excluding tert-OH is 1. The third-order valence-corrected chi connectivity index (χ3v) is 8.09. The van der Waals surface area contributed by atoms with Crippen LogP contribution in [0, 0.1) is 5.92 Å². The molecule has 0 saturated carbocycles. The molecule has 1 saturated heterocycles. The molecule has 5 atom stereocenters. The minimum absolute atomic E-state index is 0.0400. The van der Waals surface area contributed by atoms with Gasteiger partial charge in [-0.25, -0.2) is 9.36 Å². The molecule has 2 aromatic carbocycles. The van der Waals surface area contributed by atoms with E-state index in [-0.39, 0.29) is 18.3 Å². The molecule has 0 spiro atoms. The number of hydrogen-bond acceptors (Lipinski definition) is 9. The molecule has 11 nitrogen and oxygen atoms in total. The number of aromatic nitrogens is 2. The van der Waals surface area contributed by atoms with Crippen molar-refractivity contribution in [2.24, 2.45) is 5.92 Å². The third-order valence-electron chi connectivity index (χ3n) is 6.44. The summed E-state index contributed by atoms with van der Waals surface area (Å²) in [6.45, 7) is 4.33. The normalized spacial score (nSPS) is 21.7. The van der Waals surface area contributed by atoms with Crippen molar-refractivity contribution in [3.63, 3.8) is 0 Å². The Morgan fingerprint density at radius 2 is 1.77 bits per heavy atom. The topological polar surface area (TPSA) is 138 Å². The van der Waals surface area contributed by atoms with Crippen LogP contribution in [0.1, 0.15) is 38.3 Å². The molecule has 232 valence electrons. The van der Waals surface area contributed by atoms with Gasteiger partial charge in [0.1, 0.15) is 24.5 Å². The molecule has 2 N–H and O–H groups in total. The van der Waals surface area contributed by atoms with Gasteiger partial charge in [-0.3, -0.25) is 13.9 Å². The second-order valence-corrected chi connectivity index (χ2v) is 12.2. The number of benzene rings is 2. The average molecular weight is 622 g/mol. The van der Waals surface area contributed by atoms with Crippen molar-refractivity contribution in [3.8, 4) is 5.75 Å². The highest BCUT2D eigenvalue weighted by atomic mass is 31.2. The first-order valence-corrected chi connectivity index (χ1v) is 15.2. The Bertz CT molecular complexity index is 1480. The molecule has 4 rings (SSSR count). The smallest absolute Gasteiger partial charge is 0.459 e. The molecule has 3 aromatic rings. The van der Waals surface area contributed by atoms with Gasteiger partial charge in [0.2, 0.25) is 6.23 Å². The zero-order chi connectivity index (χ0) is 31.2. The van der Waals surface area contributed by atoms with E-state index < -0.39 is 56.4 Å². The lowest BCUT2D eigenvalue weighted by Gasteiger charge is -2.24. The summed E-state index contributed by atoms with van der Waals surface area (Å²) in [5, 5.41) is 12.9. The number of nitrogens with one attached hydrogen (secondary N) is 1. The lowest BCUT2D eigenvalue weighted by Crippen LogP contribution is -2.42. The summed E-state index contributed by atoms with van der Waals surface area (Å²) < 4.78 is 66.3. The van der Waals surface area contributed by atoms with Crippen molar-refractivity contribution in [2.75, 3.05) is 6.61 Å². The van der Waals surface area contributed by atoms with Gasteiger partial charge in [0.15, 0.2) is 6.10 Å². The first kappa shape index (κ1) is 32.4. The Labute approximate surface area is 247 Å². The van der Waals surface area contributed by atoms with E-state index in [1.807, 2.05) is 19.9 Å². The fourth-order valence-electron chi connectivity index (χ4n) is 4.29. The van der Waals surface area contributed by atoms with E-state index in [4.69, 9.17) is 18.5 Å². The van der Waals surface area contributed by atoms with Crippen LogP contribution in [-0.4, -0.2) is 51.4 Å². The summed E-state index contributed by atoms with van der Waals surface area (Å²) in [5.41, 5.74) is 0.188. The van der Waals surface area contributed by atoms with E-state index in [1.165, 1.54) is 25.1 Å². The molecular formula is C29H34F2N3O8P. The van der Waals surface area contributed by atoms with Crippen LogP contribution in [0.5, 0.6) is 5.75 Å². The van der Waals surface area contributed by atoms with Gasteiger partial charge in [-0.05, 0) is 43.0 Å². The molecule has 2 heterocycles. The van der Waals surface area contributed by atoms with Crippen LogP contribution in [0.25, 0.3) is 0 Å². The molecule has 1 aliphatic heterocycles. The fourth-order valence-corrected chi connectivity index (χ4v) is 5.79. The summed E-state index contributed by atoms with van der Waals surface area (Å²) >= 11 is 0. The highest BCUT2D eigenvalue weighted by Gasteiger charge is 2.60. The Balaban J connectivity index is 1.47. The maximum Gasteiger partial charge on any atom is 0.459 e. The maximum absolute atomic E-state index is 15.1. The SMILES string of the molecule is CC(C)Cc1ccn([C@@H]2O[C@H](COP(=O)(N[C@@H](C)C(=O)OCc3ccccc3)Oc3ccccc3)[C@@H](O)C2(F)F)c(=O)n1. The highest BCUT2D eigenvalue weighted by molar-refractivity contribution is 7.52. The molecule has 0 amide bonds. The number of carbonyl (C=O) groups excluding carboxylic acids is 1. The van der Waals surface area contributed by atoms with E-state index in [0.29, 0.717) is 16.7 Å². The average Bonchev–Trinajstić information content (AvgIpc) is 3.19. The van der Waals surface area contributed by atoms with Gasteiger partial charge in [0.05, 0.1) is 6.61 Å². The number of ether oxygens (including phenoxy) is 2. The van der Waals surface area contributed by atoms with Crippen LogP contribution < -0.4 is 15.3 Å². The van der Waals surface area contributed by atoms with E-state index in [2.05, 4.69) is 10.1 Å². The van der Waals surface area contributed by atoms with E-state index in [9.17, 15) is 19.3 Å². The van der Waals surface area contributed by atoms with Gasteiger partial charge in [0.25, 0.3) is 0 Å². The second-order valence-electron chi connectivity index (χ2n) is 10.5. The Kier molecular flexibility index (Phi) is 10.5.